The SMILES string of the molecule is COC(=O)[C@@H]1CC[C@H](C)N(c2ccccc2)C1. The van der Waals surface area contributed by atoms with Gasteiger partial charge in [-0.05, 0) is 31.9 Å². The third-order valence-electron chi connectivity index (χ3n) is 3.50. The van der Waals surface area contributed by atoms with Gasteiger partial charge in [0.05, 0.1) is 13.0 Å². The summed E-state index contributed by atoms with van der Waals surface area (Å²) in [6.45, 7) is 2.97. The second-order valence-electron chi connectivity index (χ2n) is 4.63. The molecule has 0 bridgehead atoms. The molecule has 3 heteroatoms. The Hall–Kier alpha value is -1.51. The van der Waals surface area contributed by atoms with Crippen molar-refractivity contribution in [2.75, 3.05) is 18.6 Å². The Bertz CT molecular complexity index is 377. The van der Waals surface area contributed by atoms with Crippen molar-refractivity contribution < 1.29 is 9.53 Å². The second kappa shape index (κ2) is 5.21. The monoisotopic (exact) mass is 233 g/mol. The van der Waals surface area contributed by atoms with Crippen LogP contribution in [0.15, 0.2) is 30.3 Å². The van der Waals surface area contributed by atoms with E-state index in [4.69, 9.17) is 4.74 Å². The minimum Gasteiger partial charge on any atom is -0.469 e. The summed E-state index contributed by atoms with van der Waals surface area (Å²) >= 11 is 0. The van der Waals surface area contributed by atoms with Gasteiger partial charge in [-0.1, -0.05) is 18.2 Å². The summed E-state index contributed by atoms with van der Waals surface area (Å²) in [7, 11) is 1.47. The van der Waals surface area contributed by atoms with Gasteiger partial charge < -0.3 is 9.64 Å². The minimum atomic E-state index is -0.0853. The van der Waals surface area contributed by atoms with Gasteiger partial charge in [-0.15, -0.1) is 0 Å². The van der Waals surface area contributed by atoms with Crippen LogP contribution in [-0.4, -0.2) is 25.7 Å². The minimum absolute atomic E-state index is 0.0106. The Balaban J connectivity index is 2.13. The van der Waals surface area contributed by atoms with Gasteiger partial charge in [-0.2, -0.15) is 0 Å². The fourth-order valence-electron chi connectivity index (χ4n) is 2.45. The van der Waals surface area contributed by atoms with Crippen molar-refractivity contribution in [3.63, 3.8) is 0 Å². The van der Waals surface area contributed by atoms with Crippen LogP contribution in [0.25, 0.3) is 0 Å². The molecule has 1 saturated heterocycles. The molecule has 0 spiro atoms. The van der Waals surface area contributed by atoms with Crippen molar-refractivity contribution in [3.8, 4) is 0 Å². The first kappa shape index (κ1) is 12.0. The van der Waals surface area contributed by atoms with E-state index in [0.29, 0.717) is 6.04 Å². The van der Waals surface area contributed by atoms with E-state index in [2.05, 4.69) is 24.0 Å². The molecule has 0 radical (unpaired) electrons. The average Bonchev–Trinajstić information content (AvgIpc) is 2.39. The molecule has 92 valence electrons. The Morgan fingerprint density at radius 3 is 2.65 bits per heavy atom. The highest BCUT2D eigenvalue weighted by Crippen LogP contribution is 2.27. The van der Waals surface area contributed by atoms with Gasteiger partial charge in [-0.3, -0.25) is 4.79 Å². The average molecular weight is 233 g/mol. The molecule has 1 heterocycles. The Morgan fingerprint density at radius 1 is 1.29 bits per heavy atom. The molecule has 2 atom stereocenters. The van der Waals surface area contributed by atoms with Crippen LogP contribution in [0.4, 0.5) is 5.69 Å². The van der Waals surface area contributed by atoms with Crippen LogP contribution in [0.3, 0.4) is 0 Å². The van der Waals surface area contributed by atoms with E-state index in [-0.39, 0.29) is 11.9 Å². The third kappa shape index (κ3) is 2.60. The highest BCUT2D eigenvalue weighted by atomic mass is 16.5. The number of para-hydroxylation sites is 1. The number of carbonyl (C=O) groups is 1. The fraction of sp³-hybridized carbons (Fsp3) is 0.500. The molecule has 0 saturated carbocycles. The zero-order valence-corrected chi connectivity index (χ0v) is 10.4. The lowest BCUT2D eigenvalue weighted by Crippen LogP contribution is -2.44. The van der Waals surface area contributed by atoms with Crippen LogP contribution >= 0.6 is 0 Å². The van der Waals surface area contributed by atoms with Crippen molar-refractivity contribution in [1.29, 1.82) is 0 Å². The van der Waals surface area contributed by atoms with Crippen molar-refractivity contribution in [2.45, 2.75) is 25.8 Å². The lowest BCUT2D eigenvalue weighted by molar-refractivity contribution is -0.145. The normalized spacial score (nSPS) is 24.5. The number of anilines is 1. The summed E-state index contributed by atoms with van der Waals surface area (Å²) in [5.41, 5.74) is 1.19. The van der Waals surface area contributed by atoms with Crippen molar-refractivity contribution in [3.05, 3.63) is 30.3 Å². The number of ether oxygens (including phenoxy) is 1. The van der Waals surface area contributed by atoms with Crippen LogP contribution in [-0.2, 0) is 9.53 Å². The highest BCUT2D eigenvalue weighted by molar-refractivity contribution is 5.73. The summed E-state index contributed by atoms with van der Waals surface area (Å²) in [4.78, 5) is 13.9. The first-order chi connectivity index (χ1) is 8.22. The number of benzene rings is 1. The molecule has 0 aromatic heterocycles. The van der Waals surface area contributed by atoms with E-state index >= 15 is 0 Å². The number of rotatable bonds is 2. The van der Waals surface area contributed by atoms with Gasteiger partial charge in [0.25, 0.3) is 0 Å². The summed E-state index contributed by atoms with van der Waals surface area (Å²) in [6.07, 6.45) is 1.96. The molecule has 1 aromatic rings. The van der Waals surface area contributed by atoms with Gasteiger partial charge in [0.1, 0.15) is 0 Å². The van der Waals surface area contributed by atoms with E-state index < -0.39 is 0 Å². The van der Waals surface area contributed by atoms with Gasteiger partial charge in [0.15, 0.2) is 0 Å². The summed E-state index contributed by atoms with van der Waals surface area (Å²) in [5.74, 6) is -0.0748. The van der Waals surface area contributed by atoms with Gasteiger partial charge in [0.2, 0.25) is 0 Å². The zero-order chi connectivity index (χ0) is 12.3. The first-order valence-corrected chi connectivity index (χ1v) is 6.12. The molecule has 1 aliphatic rings. The van der Waals surface area contributed by atoms with E-state index in [1.54, 1.807) is 0 Å². The van der Waals surface area contributed by atoms with E-state index in [9.17, 15) is 4.79 Å². The van der Waals surface area contributed by atoms with Crippen molar-refractivity contribution in [1.82, 2.24) is 0 Å². The molecule has 0 unspecified atom stereocenters. The largest absolute Gasteiger partial charge is 0.469 e. The molecule has 1 aromatic carbocycles. The standard InChI is InChI=1S/C14H19NO2/c1-11-8-9-12(14(16)17-2)10-15(11)13-6-4-3-5-7-13/h3-7,11-12H,8-10H2,1-2H3/t11-,12+/m0/s1. The topological polar surface area (TPSA) is 29.5 Å². The summed E-state index contributed by atoms with van der Waals surface area (Å²) < 4.78 is 4.84. The number of hydrogen-bond donors (Lipinski definition) is 0. The third-order valence-corrected chi connectivity index (χ3v) is 3.50. The maximum atomic E-state index is 11.6. The van der Waals surface area contributed by atoms with Crippen LogP contribution in [0.1, 0.15) is 19.8 Å². The molecule has 1 aliphatic heterocycles. The maximum Gasteiger partial charge on any atom is 0.310 e. The van der Waals surface area contributed by atoms with Crippen LogP contribution < -0.4 is 4.90 Å². The molecular formula is C14H19NO2. The molecule has 0 N–H and O–H groups in total. The van der Waals surface area contributed by atoms with E-state index in [0.717, 1.165) is 19.4 Å². The molecule has 17 heavy (non-hydrogen) atoms. The molecule has 0 amide bonds. The molecule has 2 rings (SSSR count). The predicted molar refractivity (Wildman–Crippen MR) is 68.0 cm³/mol. The van der Waals surface area contributed by atoms with Gasteiger partial charge in [-0.25, -0.2) is 0 Å². The molecule has 1 fully saturated rings. The predicted octanol–water partition coefficient (Wildman–Crippen LogP) is 2.46. The number of nitrogens with zero attached hydrogens (tertiary/aromatic N) is 1. The molecule has 0 aliphatic carbocycles. The second-order valence-corrected chi connectivity index (χ2v) is 4.63. The van der Waals surface area contributed by atoms with Crippen molar-refractivity contribution >= 4 is 11.7 Å². The van der Waals surface area contributed by atoms with Gasteiger partial charge in [0, 0.05) is 18.3 Å². The Kier molecular flexibility index (Phi) is 3.67. The Labute approximate surface area is 102 Å². The summed E-state index contributed by atoms with van der Waals surface area (Å²) in [5, 5.41) is 0. The highest BCUT2D eigenvalue weighted by Gasteiger charge is 2.30. The summed E-state index contributed by atoms with van der Waals surface area (Å²) in [6, 6.07) is 10.7. The maximum absolute atomic E-state index is 11.6. The number of piperidine rings is 1. The Morgan fingerprint density at radius 2 is 2.00 bits per heavy atom. The lowest BCUT2D eigenvalue weighted by atomic mass is 9.93. The number of esters is 1. The fourth-order valence-corrected chi connectivity index (χ4v) is 2.45. The smallest absolute Gasteiger partial charge is 0.310 e. The number of carbonyl (C=O) groups excluding carboxylic acids is 1. The van der Waals surface area contributed by atoms with Gasteiger partial charge >= 0.3 is 5.97 Å². The van der Waals surface area contributed by atoms with Crippen LogP contribution in [0.2, 0.25) is 0 Å². The number of methoxy groups -OCH3 is 1. The van der Waals surface area contributed by atoms with Crippen LogP contribution in [0.5, 0.6) is 0 Å². The van der Waals surface area contributed by atoms with E-state index in [1.165, 1.54) is 12.8 Å². The molecular weight excluding hydrogens is 214 g/mol. The number of hydrogen-bond acceptors (Lipinski definition) is 3. The first-order valence-electron chi connectivity index (χ1n) is 6.12. The van der Waals surface area contributed by atoms with Crippen molar-refractivity contribution in [2.24, 2.45) is 5.92 Å². The quantitative estimate of drug-likeness (QED) is 0.735. The molecule has 3 nitrogen and oxygen atoms in total. The van der Waals surface area contributed by atoms with Crippen LogP contribution in [0, 0.1) is 5.92 Å². The zero-order valence-electron chi connectivity index (χ0n) is 10.4. The van der Waals surface area contributed by atoms with E-state index in [1.807, 2.05) is 18.2 Å². The lowest BCUT2D eigenvalue weighted by Gasteiger charge is -2.38.